The fourth-order valence-electron chi connectivity index (χ4n) is 1.47. The number of ketones is 1. The molecule has 2 aliphatic rings. The van der Waals surface area contributed by atoms with Crippen molar-refractivity contribution in [3.05, 3.63) is 12.2 Å². The van der Waals surface area contributed by atoms with E-state index in [-0.39, 0.29) is 0 Å². The summed E-state index contributed by atoms with van der Waals surface area (Å²) in [4.78, 5) is 10.7. The summed E-state index contributed by atoms with van der Waals surface area (Å²) < 4.78 is 0. The van der Waals surface area contributed by atoms with Gasteiger partial charge in [0.25, 0.3) is 0 Å². The van der Waals surface area contributed by atoms with Crippen LogP contribution in [0, 0.1) is 11.8 Å². The smallest absolute Gasteiger partial charge is 0.134 e. The molecule has 8 heavy (non-hydrogen) atoms. The van der Waals surface area contributed by atoms with Crippen molar-refractivity contribution in [2.45, 2.75) is 12.8 Å². The normalized spacial score (nSPS) is 41.8. The molecule has 0 unspecified atom stereocenters. The second kappa shape index (κ2) is 1.22. The summed E-state index contributed by atoms with van der Waals surface area (Å²) in [5.74, 6) is 1.73. The average Bonchev–Trinajstić information content (AvgIpc) is 1.91. The van der Waals surface area contributed by atoms with E-state index in [0.717, 1.165) is 12.8 Å². The van der Waals surface area contributed by atoms with E-state index in [9.17, 15) is 4.79 Å². The lowest BCUT2D eigenvalue weighted by Crippen LogP contribution is -2.09. The SMILES string of the molecule is O=C1C[C@H]2C=C[C@H]2C1. The molecular weight excluding hydrogens is 100 g/mol. The van der Waals surface area contributed by atoms with Crippen LogP contribution >= 0.6 is 0 Å². The van der Waals surface area contributed by atoms with Gasteiger partial charge in [-0.1, -0.05) is 12.2 Å². The van der Waals surface area contributed by atoms with Gasteiger partial charge in [0.15, 0.2) is 0 Å². The number of hydrogen-bond donors (Lipinski definition) is 0. The third-order valence-electron chi connectivity index (χ3n) is 2.08. The second-order valence-corrected chi connectivity index (χ2v) is 2.66. The highest BCUT2D eigenvalue weighted by molar-refractivity contribution is 5.82. The van der Waals surface area contributed by atoms with Gasteiger partial charge in [-0.2, -0.15) is 0 Å². The van der Waals surface area contributed by atoms with E-state index in [2.05, 4.69) is 12.2 Å². The van der Waals surface area contributed by atoms with Gasteiger partial charge >= 0.3 is 0 Å². The molecule has 1 saturated carbocycles. The molecule has 0 saturated heterocycles. The maximum atomic E-state index is 10.7. The molecule has 2 rings (SSSR count). The number of fused-ring (bicyclic) bond motifs is 1. The Kier molecular flexibility index (Phi) is 0.655. The molecule has 0 aromatic carbocycles. The Morgan fingerprint density at radius 2 is 1.75 bits per heavy atom. The average molecular weight is 108 g/mol. The molecule has 0 N–H and O–H groups in total. The lowest BCUT2D eigenvalue weighted by atomic mass is 9.86. The molecule has 0 aromatic heterocycles. The van der Waals surface area contributed by atoms with Gasteiger partial charge in [-0.15, -0.1) is 0 Å². The number of allylic oxidation sites excluding steroid dienone is 2. The molecule has 0 spiro atoms. The highest BCUT2D eigenvalue weighted by Crippen LogP contribution is 2.37. The van der Waals surface area contributed by atoms with E-state index < -0.39 is 0 Å². The third-order valence-corrected chi connectivity index (χ3v) is 2.08. The van der Waals surface area contributed by atoms with Crippen LogP contribution in [0.15, 0.2) is 12.2 Å². The Labute approximate surface area is 48.4 Å². The number of rotatable bonds is 0. The predicted octanol–water partition coefficient (Wildman–Crippen LogP) is 1.15. The van der Waals surface area contributed by atoms with Gasteiger partial charge in [0.05, 0.1) is 0 Å². The van der Waals surface area contributed by atoms with Crippen LogP contribution in [0.3, 0.4) is 0 Å². The summed E-state index contributed by atoms with van der Waals surface area (Å²) in [5.41, 5.74) is 0. The van der Waals surface area contributed by atoms with Crippen LogP contribution in [-0.2, 0) is 4.79 Å². The summed E-state index contributed by atoms with van der Waals surface area (Å²) in [5, 5.41) is 0. The predicted molar refractivity (Wildman–Crippen MR) is 30.4 cm³/mol. The van der Waals surface area contributed by atoms with Crippen LogP contribution in [0.1, 0.15) is 12.8 Å². The highest BCUT2D eigenvalue weighted by atomic mass is 16.1. The monoisotopic (exact) mass is 108 g/mol. The Hall–Kier alpha value is -0.590. The zero-order valence-corrected chi connectivity index (χ0v) is 4.63. The molecule has 2 atom stereocenters. The Balaban J connectivity index is 2.20. The molecular formula is C7H8O. The Bertz CT molecular complexity index is 142. The molecule has 0 radical (unpaired) electrons. The van der Waals surface area contributed by atoms with E-state index >= 15 is 0 Å². The first-order valence-electron chi connectivity index (χ1n) is 3.06. The Morgan fingerprint density at radius 3 is 2.00 bits per heavy atom. The minimum atomic E-state index is 0.449. The zero-order valence-electron chi connectivity index (χ0n) is 4.63. The molecule has 0 bridgehead atoms. The van der Waals surface area contributed by atoms with Crippen LogP contribution in [0.4, 0.5) is 0 Å². The van der Waals surface area contributed by atoms with Crippen molar-refractivity contribution in [2.75, 3.05) is 0 Å². The van der Waals surface area contributed by atoms with Crippen molar-refractivity contribution in [3.63, 3.8) is 0 Å². The van der Waals surface area contributed by atoms with Crippen LogP contribution in [-0.4, -0.2) is 5.78 Å². The number of Topliss-reactive ketones (excluding diaryl/α,β-unsaturated/α-hetero) is 1. The summed E-state index contributed by atoms with van der Waals surface area (Å²) in [6, 6.07) is 0. The van der Waals surface area contributed by atoms with E-state index in [1.807, 2.05) is 0 Å². The quantitative estimate of drug-likeness (QED) is 0.425. The maximum absolute atomic E-state index is 10.7. The minimum absolute atomic E-state index is 0.449. The lowest BCUT2D eigenvalue weighted by molar-refractivity contribution is -0.117. The van der Waals surface area contributed by atoms with Crippen LogP contribution in [0.25, 0.3) is 0 Å². The molecule has 2 aliphatic carbocycles. The molecule has 42 valence electrons. The van der Waals surface area contributed by atoms with Crippen molar-refractivity contribution >= 4 is 5.78 Å². The van der Waals surface area contributed by atoms with E-state index in [0.29, 0.717) is 17.6 Å². The second-order valence-electron chi connectivity index (χ2n) is 2.66. The number of hydrogen-bond acceptors (Lipinski definition) is 1. The molecule has 1 fully saturated rings. The first kappa shape index (κ1) is 4.30. The van der Waals surface area contributed by atoms with Gasteiger partial charge < -0.3 is 0 Å². The fourth-order valence-corrected chi connectivity index (χ4v) is 1.47. The summed E-state index contributed by atoms with van der Waals surface area (Å²) in [6.45, 7) is 0. The molecule has 1 nitrogen and oxygen atoms in total. The van der Waals surface area contributed by atoms with Gasteiger partial charge in [0.2, 0.25) is 0 Å². The Morgan fingerprint density at radius 1 is 1.25 bits per heavy atom. The zero-order chi connectivity index (χ0) is 5.56. The largest absolute Gasteiger partial charge is 0.300 e. The van der Waals surface area contributed by atoms with Gasteiger partial charge in [-0.3, -0.25) is 4.79 Å². The van der Waals surface area contributed by atoms with Crippen LogP contribution in [0.5, 0.6) is 0 Å². The number of carbonyl (C=O) groups excluding carboxylic acids is 1. The molecule has 0 aromatic rings. The first-order chi connectivity index (χ1) is 3.86. The van der Waals surface area contributed by atoms with E-state index in [1.54, 1.807) is 0 Å². The van der Waals surface area contributed by atoms with Crippen molar-refractivity contribution in [3.8, 4) is 0 Å². The van der Waals surface area contributed by atoms with Crippen LogP contribution < -0.4 is 0 Å². The summed E-state index contributed by atoms with van der Waals surface area (Å²) >= 11 is 0. The van der Waals surface area contributed by atoms with Gasteiger partial charge in [-0.05, 0) is 11.8 Å². The lowest BCUT2D eigenvalue weighted by Gasteiger charge is -2.18. The van der Waals surface area contributed by atoms with Crippen molar-refractivity contribution in [1.29, 1.82) is 0 Å². The summed E-state index contributed by atoms with van der Waals surface area (Å²) in [6.07, 6.45) is 5.94. The molecule has 0 amide bonds. The van der Waals surface area contributed by atoms with Gasteiger partial charge in [0, 0.05) is 12.8 Å². The van der Waals surface area contributed by atoms with Crippen molar-refractivity contribution in [1.82, 2.24) is 0 Å². The van der Waals surface area contributed by atoms with Crippen molar-refractivity contribution < 1.29 is 4.79 Å². The van der Waals surface area contributed by atoms with Gasteiger partial charge in [-0.25, -0.2) is 0 Å². The molecule has 0 aliphatic heterocycles. The first-order valence-corrected chi connectivity index (χ1v) is 3.06. The topological polar surface area (TPSA) is 17.1 Å². The van der Waals surface area contributed by atoms with Crippen LogP contribution in [0.2, 0.25) is 0 Å². The third kappa shape index (κ3) is 0.391. The standard InChI is InChI=1S/C7H8O/c8-7-3-5-1-2-6(5)4-7/h1-2,5-6H,3-4H2/t5-,6+. The fraction of sp³-hybridized carbons (Fsp3) is 0.571. The van der Waals surface area contributed by atoms with Gasteiger partial charge in [0.1, 0.15) is 5.78 Å². The minimum Gasteiger partial charge on any atom is -0.300 e. The van der Waals surface area contributed by atoms with E-state index in [1.165, 1.54) is 0 Å². The molecule has 0 heterocycles. The summed E-state index contributed by atoms with van der Waals surface area (Å²) in [7, 11) is 0. The maximum Gasteiger partial charge on any atom is 0.134 e. The van der Waals surface area contributed by atoms with E-state index in [4.69, 9.17) is 0 Å². The highest BCUT2D eigenvalue weighted by Gasteiger charge is 2.34. The molecule has 1 heteroatoms. The number of carbonyl (C=O) groups is 1. The van der Waals surface area contributed by atoms with Crippen molar-refractivity contribution in [2.24, 2.45) is 11.8 Å².